The number of hydrogen-bond donors (Lipinski definition) is 2. The van der Waals surface area contributed by atoms with Gasteiger partial charge in [0.05, 0.1) is 12.2 Å². The fourth-order valence-electron chi connectivity index (χ4n) is 1.49. The van der Waals surface area contributed by atoms with Crippen LogP contribution in [0, 0.1) is 0 Å². The lowest BCUT2D eigenvalue weighted by molar-refractivity contribution is 0.0526. The molecule has 19 heavy (non-hydrogen) atoms. The van der Waals surface area contributed by atoms with E-state index in [4.69, 9.17) is 17.0 Å². The minimum atomic E-state index is -0.323. The molecule has 1 aromatic carbocycles. The fourth-order valence-corrected chi connectivity index (χ4v) is 1.71. The summed E-state index contributed by atoms with van der Waals surface area (Å²) in [6, 6.07) is 7.10. The van der Waals surface area contributed by atoms with Crippen molar-refractivity contribution in [1.82, 2.24) is 5.32 Å². The lowest BCUT2D eigenvalue weighted by Gasteiger charge is -2.11. The first-order valence-corrected chi connectivity index (χ1v) is 6.90. The van der Waals surface area contributed by atoms with Crippen LogP contribution in [0.15, 0.2) is 24.3 Å². The molecule has 0 heterocycles. The molecule has 0 saturated carbocycles. The van der Waals surface area contributed by atoms with E-state index in [0.717, 1.165) is 25.1 Å². The number of nitrogens with one attached hydrogen (secondary N) is 2. The van der Waals surface area contributed by atoms with Crippen molar-refractivity contribution in [3.8, 4) is 0 Å². The summed E-state index contributed by atoms with van der Waals surface area (Å²) in [7, 11) is 0. The highest BCUT2D eigenvalue weighted by molar-refractivity contribution is 7.80. The topological polar surface area (TPSA) is 50.4 Å². The summed E-state index contributed by atoms with van der Waals surface area (Å²) in [6.45, 7) is 5.13. The maximum absolute atomic E-state index is 11.6. The molecule has 0 fully saturated rings. The minimum absolute atomic E-state index is 0.323. The SMILES string of the molecule is CCCCNC(=S)Nc1cccc(C(=O)OCC)c1. The predicted octanol–water partition coefficient (Wildman–Crippen LogP) is 2.95. The highest BCUT2D eigenvalue weighted by atomic mass is 32.1. The van der Waals surface area contributed by atoms with Gasteiger partial charge in [0, 0.05) is 12.2 Å². The van der Waals surface area contributed by atoms with Gasteiger partial charge in [-0.15, -0.1) is 0 Å². The van der Waals surface area contributed by atoms with Crippen LogP contribution in [0.2, 0.25) is 0 Å². The molecule has 104 valence electrons. The number of ether oxygens (including phenoxy) is 1. The second kappa shape index (κ2) is 8.48. The molecule has 0 saturated heterocycles. The molecule has 4 nitrogen and oxygen atoms in total. The van der Waals surface area contributed by atoms with Crippen molar-refractivity contribution in [3.05, 3.63) is 29.8 Å². The van der Waals surface area contributed by atoms with Crippen molar-refractivity contribution in [3.63, 3.8) is 0 Å². The molecule has 1 aromatic rings. The smallest absolute Gasteiger partial charge is 0.338 e. The lowest BCUT2D eigenvalue weighted by Crippen LogP contribution is -2.29. The van der Waals surface area contributed by atoms with E-state index in [9.17, 15) is 4.79 Å². The Morgan fingerprint density at radius 3 is 2.84 bits per heavy atom. The average Bonchev–Trinajstić information content (AvgIpc) is 2.39. The minimum Gasteiger partial charge on any atom is -0.462 e. The van der Waals surface area contributed by atoms with Gasteiger partial charge in [-0.25, -0.2) is 4.79 Å². The Hall–Kier alpha value is -1.62. The zero-order valence-electron chi connectivity index (χ0n) is 11.4. The van der Waals surface area contributed by atoms with E-state index in [1.54, 1.807) is 25.1 Å². The van der Waals surface area contributed by atoms with E-state index in [-0.39, 0.29) is 5.97 Å². The third kappa shape index (κ3) is 5.70. The van der Waals surface area contributed by atoms with Gasteiger partial charge < -0.3 is 15.4 Å². The number of esters is 1. The van der Waals surface area contributed by atoms with Crippen LogP contribution in [0.5, 0.6) is 0 Å². The highest BCUT2D eigenvalue weighted by Crippen LogP contribution is 2.11. The molecule has 0 aliphatic heterocycles. The van der Waals surface area contributed by atoms with Gasteiger partial charge in [-0.2, -0.15) is 0 Å². The van der Waals surface area contributed by atoms with Crippen LogP contribution in [-0.2, 0) is 4.74 Å². The average molecular weight is 280 g/mol. The molecule has 0 aliphatic rings. The van der Waals surface area contributed by atoms with Crippen LogP contribution in [0.3, 0.4) is 0 Å². The van der Waals surface area contributed by atoms with Crippen molar-refractivity contribution in [2.75, 3.05) is 18.5 Å². The number of thiocarbonyl (C=S) groups is 1. The van der Waals surface area contributed by atoms with Gasteiger partial charge in [-0.3, -0.25) is 0 Å². The maximum Gasteiger partial charge on any atom is 0.338 e. The van der Waals surface area contributed by atoms with Gasteiger partial charge in [-0.1, -0.05) is 19.4 Å². The molecule has 0 amide bonds. The second-order valence-electron chi connectivity index (χ2n) is 4.04. The van der Waals surface area contributed by atoms with Crippen LogP contribution in [0.1, 0.15) is 37.0 Å². The molecule has 2 N–H and O–H groups in total. The number of benzene rings is 1. The van der Waals surface area contributed by atoms with Gasteiger partial charge in [-0.05, 0) is 43.8 Å². The molecular formula is C14H20N2O2S. The molecule has 5 heteroatoms. The van der Waals surface area contributed by atoms with E-state index in [2.05, 4.69) is 17.6 Å². The standard InChI is InChI=1S/C14H20N2O2S/c1-3-5-9-15-14(19)16-12-8-6-7-11(10-12)13(17)18-4-2/h6-8,10H,3-5,9H2,1-2H3,(H2,15,16,19). The zero-order valence-corrected chi connectivity index (χ0v) is 12.2. The Bertz CT molecular complexity index is 435. The second-order valence-corrected chi connectivity index (χ2v) is 4.44. The molecule has 0 radical (unpaired) electrons. The van der Waals surface area contributed by atoms with Crippen molar-refractivity contribution >= 4 is 29.0 Å². The van der Waals surface area contributed by atoms with E-state index in [1.165, 1.54) is 0 Å². The number of carbonyl (C=O) groups is 1. The van der Waals surface area contributed by atoms with Gasteiger partial charge in [0.25, 0.3) is 0 Å². The number of hydrogen-bond acceptors (Lipinski definition) is 3. The van der Waals surface area contributed by atoms with Crippen molar-refractivity contribution in [1.29, 1.82) is 0 Å². The maximum atomic E-state index is 11.6. The fraction of sp³-hybridized carbons (Fsp3) is 0.429. The summed E-state index contributed by atoms with van der Waals surface area (Å²) >= 11 is 5.17. The quantitative estimate of drug-likeness (QED) is 0.477. The van der Waals surface area contributed by atoms with Gasteiger partial charge in [0.15, 0.2) is 5.11 Å². The van der Waals surface area contributed by atoms with Crippen molar-refractivity contribution in [2.45, 2.75) is 26.7 Å². The highest BCUT2D eigenvalue weighted by Gasteiger charge is 2.07. The molecule has 0 spiro atoms. The summed E-state index contributed by atoms with van der Waals surface area (Å²) in [5, 5.41) is 6.73. The van der Waals surface area contributed by atoms with Crippen LogP contribution in [0.4, 0.5) is 5.69 Å². The third-order valence-electron chi connectivity index (χ3n) is 2.45. The first-order valence-electron chi connectivity index (χ1n) is 6.49. The molecule has 0 aromatic heterocycles. The zero-order chi connectivity index (χ0) is 14.1. The van der Waals surface area contributed by atoms with Crippen LogP contribution in [-0.4, -0.2) is 24.2 Å². The number of carbonyl (C=O) groups excluding carboxylic acids is 1. The van der Waals surface area contributed by atoms with Gasteiger partial charge in [0.1, 0.15) is 0 Å². The monoisotopic (exact) mass is 280 g/mol. The Labute approximate surface area is 119 Å². The molecule has 0 bridgehead atoms. The third-order valence-corrected chi connectivity index (χ3v) is 2.69. The largest absolute Gasteiger partial charge is 0.462 e. The molecule has 0 atom stereocenters. The number of rotatable bonds is 6. The summed E-state index contributed by atoms with van der Waals surface area (Å²) in [4.78, 5) is 11.6. The summed E-state index contributed by atoms with van der Waals surface area (Å²) in [6.07, 6.45) is 2.19. The van der Waals surface area contributed by atoms with Crippen molar-refractivity contribution < 1.29 is 9.53 Å². The molecular weight excluding hydrogens is 260 g/mol. The molecule has 0 aliphatic carbocycles. The first kappa shape index (κ1) is 15.4. The Balaban J connectivity index is 2.56. The molecule has 0 unspecified atom stereocenters. The normalized spacial score (nSPS) is 9.79. The Morgan fingerprint density at radius 1 is 1.37 bits per heavy atom. The summed E-state index contributed by atoms with van der Waals surface area (Å²) in [5.74, 6) is -0.323. The lowest BCUT2D eigenvalue weighted by atomic mass is 10.2. The van der Waals surface area contributed by atoms with Crippen LogP contribution in [0.25, 0.3) is 0 Å². The van der Waals surface area contributed by atoms with Gasteiger partial charge >= 0.3 is 5.97 Å². The summed E-state index contributed by atoms with van der Waals surface area (Å²) in [5.41, 5.74) is 1.29. The van der Waals surface area contributed by atoms with Crippen LogP contribution >= 0.6 is 12.2 Å². The predicted molar refractivity (Wildman–Crippen MR) is 81.5 cm³/mol. The van der Waals surface area contributed by atoms with E-state index < -0.39 is 0 Å². The number of anilines is 1. The first-order chi connectivity index (χ1) is 9.17. The van der Waals surface area contributed by atoms with E-state index in [0.29, 0.717) is 17.3 Å². The molecule has 1 rings (SSSR count). The van der Waals surface area contributed by atoms with E-state index in [1.807, 2.05) is 6.07 Å². The Kier molecular flexibility index (Phi) is 6.89. The van der Waals surface area contributed by atoms with Crippen molar-refractivity contribution in [2.24, 2.45) is 0 Å². The Morgan fingerprint density at radius 2 is 2.16 bits per heavy atom. The summed E-state index contributed by atoms with van der Waals surface area (Å²) < 4.78 is 4.95. The van der Waals surface area contributed by atoms with Gasteiger partial charge in [0.2, 0.25) is 0 Å². The number of unbranched alkanes of at least 4 members (excludes halogenated alkanes) is 1. The van der Waals surface area contributed by atoms with E-state index >= 15 is 0 Å². The van der Waals surface area contributed by atoms with Crippen LogP contribution < -0.4 is 10.6 Å².